The van der Waals surface area contributed by atoms with Gasteiger partial charge in [-0.2, -0.15) is 0 Å². The zero-order valence-corrected chi connectivity index (χ0v) is 14.5. The van der Waals surface area contributed by atoms with E-state index in [1.54, 1.807) is 0 Å². The third-order valence-corrected chi connectivity index (χ3v) is 4.78. The highest BCUT2D eigenvalue weighted by atomic mass is 32.1. The summed E-state index contributed by atoms with van der Waals surface area (Å²) in [6.07, 6.45) is 1.48. The van der Waals surface area contributed by atoms with Crippen molar-refractivity contribution in [2.45, 2.75) is 13.3 Å². The first-order valence-electron chi connectivity index (χ1n) is 6.90. The van der Waals surface area contributed by atoms with Crippen LogP contribution in [-0.2, 0) is 16.0 Å². The molecule has 0 bridgehead atoms. The van der Waals surface area contributed by atoms with Crippen LogP contribution in [0.5, 0.6) is 0 Å². The van der Waals surface area contributed by atoms with Crippen molar-refractivity contribution in [3.8, 4) is 10.8 Å². The number of furan rings is 1. The molecule has 0 aliphatic rings. The monoisotopic (exact) mass is 363 g/mol. The van der Waals surface area contributed by atoms with Crippen LogP contribution in [0.1, 0.15) is 21.1 Å². The first-order valence-corrected chi connectivity index (χ1v) is 8.60. The number of carbonyl (C=O) groups excluding carboxylic acids is 2. The highest BCUT2D eigenvalue weighted by Crippen LogP contribution is 2.26. The summed E-state index contributed by atoms with van der Waals surface area (Å²) in [6.45, 7) is 1.86. The molecule has 0 aliphatic heterocycles. The Bertz CT molecular complexity index is 881. The Balaban J connectivity index is 1.62. The van der Waals surface area contributed by atoms with Gasteiger partial charge in [-0.15, -0.1) is 11.3 Å². The van der Waals surface area contributed by atoms with Crippen LogP contribution >= 0.6 is 22.7 Å². The van der Waals surface area contributed by atoms with E-state index in [9.17, 15) is 9.59 Å². The minimum Gasteiger partial charge on any atom is -0.465 e. The number of hydrogen-bond acceptors (Lipinski definition) is 8. The van der Waals surface area contributed by atoms with E-state index in [0.29, 0.717) is 21.5 Å². The summed E-state index contributed by atoms with van der Waals surface area (Å²) in [4.78, 5) is 32.1. The van der Waals surface area contributed by atoms with Crippen molar-refractivity contribution in [3.63, 3.8) is 0 Å². The lowest BCUT2D eigenvalue weighted by molar-refractivity contribution is -0.115. The fraction of sp³-hybridized carbons (Fsp3) is 0.200. The fourth-order valence-electron chi connectivity index (χ4n) is 1.91. The van der Waals surface area contributed by atoms with Crippen LogP contribution in [0.25, 0.3) is 10.8 Å². The van der Waals surface area contributed by atoms with Gasteiger partial charge in [0.15, 0.2) is 15.9 Å². The quantitative estimate of drug-likeness (QED) is 0.700. The second-order valence-electron chi connectivity index (χ2n) is 4.80. The SMILES string of the molecule is COC(=O)c1cnc(NC(=O)Cc2csc(-c3ccc(C)o3)n2)s1. The molecule has 7 nitrogen and oxygen atoms in total. The molecular weight excluding hydrogens is 350 g/mol. The molecule has 9 heteroatoms. The average molecular weight is 363 g/mol. The summed E-state index contributed by atoms with van der Waals surface area (Å²) in [7, 11) is 1.29. The third-order valence-electron chi connectivity index (χ3n) is 2.98. The third kappa shape index (κ3) is 3.69. The number of amides is 1. The predicted molar refractivity (Wildman–Crippen MR) is 90.3 cm³/mol. The van der Waals surface area contributed by atoms with Crippen LogP contribution in [0.2, 0.25) is 0 Å². The largest absolute Gasteiger partial charge is 0.465 e. The molecule has 1 N–H and O–H groups in total. The number of esters is 1. The van der Waals surface area contributed by atoms with Gasteiger partial charge in [-0.05, 0) is 19.1 Å². The van der Waals surface area contributed by atoms with Crippen molar-refractivity contribution in [1.29, 1.82) is 0 Å². The molecule has 0 saturated carbocycles. The number of rotatable bonds is 5. The van der Waals surface area contributed by atoms with Crippen molar-refractivity contribution in [2.75, 3.05) is 12.4 Å². The molecule has 0 unspecified atom stereocenters. The lowest BCUT2D eigenvalue weighted by Gasteiger charge is -1.98. The van der Waals surface area contributed by atoms with Gasteiger partial charge in [0.1, 0.15) is 10.6 Å². The van der Waals surface area contributed by atoms with Gasteiger partial charge >= 0.3 is 5.97 Å². The molecule has 0 spiro atoms. The summed E-state index contributed by atoms with van der Waals surface area (Å²) in [6, 6.07) is 3.71. The summed E-state index contributed by atoms with van der Waals surface area (Å²) >= 11 is 2.48. The topological polar surface area (TPSA) is 94.3 Å². The van der Waals surface area contributed by atoms with E-state index >= 15 is 0 Å². The van der Waals surface area contributed by atoms with Gasteiger partial charge < -0.3 is 14.5 Å². The molecule has 1 amide bonds. The number of aromatic nitrogens is 2. The standard InChI is InChI=1S/C15H13N3O4S2/c1-8-3-4-10(22-8)13-17-9(7-23-13)5-12(19)18-15-16-6-11(24-15)14(20)21-2/h3-4,6-7H,5H2,1-2H3,(H,16,18,19). The highest BCUT2D eigenvalue weighted by Gasteiger charge is 2.14. The maximum Gasteiger partial charge on any atom is 0.349 e. The molecule has 0 aliphatic carbocycles. The summed E-state index contributed by atoms with van der Waals surface area (Å²) < 4.78 is 10.1. The molecule has 3 heterocycles. The van der Waals surface area contributed by atoms with Gasteiger partial charge in [-0.25, -0.2) is 14.8 Å². The molecule has 0 saturated heterocycles. The molecule has 3 aromatic rings. The number of nitrogens with zero attached hydrogens (tertiary/aromatic N) is 2. The zero-order valence-electron chi connectivity index (χ0n) is 12.9. The van der Waals surface area contributed by atoms with Crippen LogP contribution in [-0.4, -0.2) is 29.0 Å². The summed E-state index contributed by atoms with van der Waals surface area (Å²) in [5, 5.41) is 5.53. The number of thiazole rings is 2. The van der Waals surface area contributed by atoms with E-state index in [1.807, 2.05) is 24.4 Å². The zero-order chi connectivity index (χ0) is 17.1. The Morgan fingerprint density at radius 1 is 1.38 bits per heavy atom. The van der Waals surface area contributed by atoms with Gasteiger partial charge in [0.25, 0.3) is 0 Å². The highest BCUT2D eigenvalue weighted by molar-refractivity contribution is 7.17. The molecular formula is C15H13N3O4S2. The molecule has 3 aromatic heterocycles. The first kappa shape index (κ1) is 16.3. The summed E-state index contributed by atoms with van der Waals surface area (Å²) in [5.74, 6) is 0.760. The second-order valence-corrected chi connectivity index (χ2v) is 6.69. The van der Waals surface area contributed by atoms with Crippen molar-refractivity contribution >= 4 is 39.7 Å². The van der Waals surface area contributed by atoms with Crippen molar-refractivity contribution in [1.82, 2.24) is 9.97 Å². The Hall–Kier alpha value is -2.52. The number of methoxy groups -OCH3 is 1. The van der Waals surface area contributed by atoms with Gasteiger partial charge in [0.05, 0.1) is 25.4 Å². The number of ether oxygens (including phenoxy) is 1. The van der Waals surface area contributed by atoms with E-state index in [2.05, 4.69) is 20.0 Å². The van der Waals surface area contributed by atoms with E-state index in [1.165, 1.54) is 24.6 Å². The van der Waals surface area contributed by atoms with Crippen LogP contribution in [0.4, 0.5) is 5.13 Å². The molecule has 0 fully saturated rings. The van der Waals surface area contributed by atoms with E-state index < -0.39 is 5.97 Å². The van der Waals surface area contributed by atoms with Gasteiger partial charge in [0.2, 0.25) is 5.91 Å². The van der Waals surface area contributed by atoms with E-state index in [0.717, 1.165) is 22.1 Å². The fourth-order valence-corrected chi connectivity index (χ4v) is 3.44. The molecule has 0 aromatic carbocycles. The average Bonchev–Trinajstić information content (AvgIpc) is 3.27. The van der Waals surface area contributed by atoms with Crippen LogP contribution in [0.3, 0.4) is 0 Å². The van der Waals surface area contributed by atoms with Crippen LogP contribution in [0, 0.1) is 6.92 Å². The smallest absolute Gasteiger partial charge is 0.349 e. The van der Waals surface area contributed by atoms with Crippen molar-refractivity contribution in [3.05, 3.63) is 40.0 Å². The van der Waals surface area contributed by atoms with Crippen LogP contribution in [0.15, 0.2) is 28.1 Å². The molecule has 0 atom stereocenters. The Morgan fingerprint density at radius 2 is 2.21 bits per heavy atom. The number of aryl methyl sites for hydroxylation is 1. The normalized spacial score (nSPS) is 10.6. The number of carbonyl (C=O) groups is 2. The minimum absolute atomic E-state index is 0.114. The van der Waals surface area contributed by atoms with Crippen LogP contribution < -0.4 is 5.32 Å². The number of hydrogen-bond donors (Lipinski definition) is 1. The lowest BCUT2D eigenvalue weighted by atomic mass is 10.3. The summed E-state index contributed by atoms with van der Waals surface area (Å²) in [5.41, 5.74) is 0.645. The molecule has 124 valence electrons. The Kier molecular flexibility index (Phi) is 4.72. The van der Waals surface area contributed by atoms with Crippen molar-refractivity contribution in [2.24, 2.45) is 0 Å². The lowest BCUT2D eigenvalue weighted by Crippen LogP contribution is -2.14. The Morgan fingerprint density at radius 3 is 2.92 bits per heavy atom. The molecule has 24 heavy (non-hydrogen) atoms. The first-order chi connectivity index (χ1) is 11.5. The maximum absolute atomic E-state index is 12.1. The number of nitrogens with one attached hydrogen (secondary N) is 1. The van der Waals surface area contributed by atoms with Gasteiger partial charge in [0, 0.05) is 5.38 Å². The van der Waals surface area contributed by atoms with E-state index in [4.69, 9.17) is 4.42 Å². The second kappa shape index (κ2) is 6.93. The van der Waals surface area contributed by atoms with Crippen molar-refractivity contribution < 1.29 is 18.7 Å². The Labute approximate surface area is 145 Å². The minimum atomic E-state index is -0.481. The predicted octanol–water partition coefficient (Wildman–Crippen LogP) is 3.14. The maximum atomic E-state index is 12.1. The molecule has 3 rings (SSSR count). The van der Waals surface area contributed by atoms with E-state index in [-0.39, 0.29) is 12.3 Å². The van der Waals surface area contributed by atoms with Gasteiger partial charge in [-0.3, -0.25) is 4.79 Å². The van der Waals surface area contributed by atoms with Gasteiger partial charge in [-0.1, -0.05) is 11.3 Å². The number of anilines is 1. The molecule has 0 radical (unpaired) electrons.